The second kappa shape index (κ2) is 3.95. The van der Waals surface area contributed by atoms with E-state index in [0.29, 0.717) is 10.8 Å². The van der Waals surface area contributed by atoms with Gasteiger partial charge in [0, 0.05) is 21.7 Å². The zero-order valence-corrected chi connectivity index (χ0v) is 10.4. The normalized spacial score (nSPS) is 11.0. The molecule has 3 heteroatoms. The number of aromatic nitrogens is 1. The van der Waals surface area contributed by atoms with Gasteiger partial charge in [0.2, 0.25) is 0 Å². The quantitative estimate of drug-likeness (QED) is 0.816. The maximum Gasteiger partial charge on any atom is 0.130 e. The molecule has 0 bridgehead atoms. The van der Waals surface area contributed by atoms with Crippen molar-refractivity contribution in [2.75, 3.05) is 0 Å². The van der Waals surface area contributed by atoms with Crippen molar-refractivity contribution in [1.29, 1.82) is 0 Å². The Bertz CT molecular complexity index is 564. The van der Waals surface area contributed by atoms with E-state index in [9.17, 15) is 5.11 Å². The van der Waals surface area contributed by atoms with Crippen LogP contribution in [-0.2, 0) is 6.42 Å². The molecule has 0 aliphatic heterocycles. The average molecular weight is 236 g/mol. The smallest absolute Gasteiger partial charge is 0.130 e. The fourth-order valence-electron chi connectivity index (χ4n) is 1.96. The lowest BCUT2D eigenvalue weighted by Crippen LogP contribution is -1.95. The van der Waals surface area contributed by atoms with Gasteiger partial charge in [-0.2, -0.15) is 0 Å². The zero-order chi connectivity index (χ0) is 11.9. The van der Waals surface area contributed by atoms with E-state index in [-0.39, 0.29) is 0 Å². The van der Waals surface area contributed by atoms with Crippen LogP contribution < -0.4 is 0 Å². The van der Waals surface area contributed by atoms with Crippen molar-refractivity contribution in [1.82, 2.24) is 4.98 Å². The molecule has 2 aromatic rings. The van der Waals surface area contributed by atoms with E-state index in [0.717, 1.165) is 34.1 Å². The summed E-state index contributed by atoms with van der Waals surface area (Å²) in [6.07, 6.45) is 0.816. The van der Waals surface area contributed by atoms with Crippen LogP contribution in [0, 0.1) is 13.8 Å². The first-order valence-electron chi connectivity index (χ1n) is 5.33. The van der Waals surface area contributed by atoms with E-state index in [1.165, 1.54) is 0 Å². The van der Waals surface area contributed by atoms with Crippen LogP contribution in [0.4, 0.5) is 0 Å². The van der Waals surface area contributed by atoms with Gasteiger partial charge in [0.1, 0.15) is 5.75 Å². The molecule has 0 aliphatic carbocycles. The first-order valence-corrected chi connectivity index (χ1v) is 5.71. The van der Waals surface area contributed by atoms with Crippen LogP contribution in [0.25, 0.3) is 10.9 Å². The van der Waals surface area contributed by atoms with Gasteiger partial charge in [-0.3, -0.25) is 4.98 Å². The molecule has 0 spiro atoms. The second-order valence-corrected chi connectivity index (χ2v) is 4.36. The minimum absolute atomic E-state index is 0.307. The molecule has 84 valence electrons. The van der Waals surface area contributed by atoms with Crippen molar-refractivity contribution in [2.45, 2.75) is 27.2 Å². The Kier molecular flexibility index (Phi) is 2.76. The van der Waals surface area contributed by atoms with Gasteiger partial charge in [-0.15, -0.1) is 0 Å². The maximum atomic E-state index is 10.2. The summed E-state index contributed by atoms with van der Waals surface area (Å²) in [5.41, 5.74) is 3.48. The maximum absolute atomic E-state index is 10.2. The highest BCUT2D eigenvalue weighted by Crippen LogP contribution is 2.34. The molecule has 0 saturated carbocycles. The molecule has 16 heavy (non-hydrogen) atoms. The summed E-state index contributed by atoms with van der Waals surface area (Å²) < 4.78 is 0. The number of nitrogens with zero attached hydrogens (tertiary/aromatic N) is 1. The standard InChI is InChI=1S/C13H14ClNO/c1-4-10-8(3)13(16)12-7(2)9(14)5-6-11(12)15-10/h5-6H,4H2,1-3H3,(H,15,16). The lowest BCUT2D eigenvalue weighted by molar-refractivity contribution is 0.475. The summed E-state index contributed by atoms with van der Waals surface area (Å²) in [6, 6.07) is 3.67. The van der Waals surface area contributed by atoms with E-state index >= 15 is 0 Å². The van der Waals surface area contributed by atoms with Gasteiger partial charge < -0.3 is 5.11 Å². The highest BCUT2D eigenvalue weighted by molar-refractivity contribution is 6.32. The molecule has 1 aromatic heterocycles. The largest absolute Gasteiger partial charge is 0.507 e. The number of rotatable bonds is 1. The fraction of sp³-hybridized carbons (Fsp3) is 0.308. The Hall–Kier alpha value is -1.28. The summed E-state index contributed by atoms with van der Waals surface area (Å²) in [7, 11) is 0. The van der Waals surface area contributed by atoms with E-state index < -0.39 is 0 Å². The van der Waals surface area contributed by atoms with Crippen molar-refractivity contribution in [2.24, 2.45) is 0 Å². The van der Waals surface area contributed by atoms with Gasteiger partial charge >= 0.3 is 0 Å². The van der Waals surface area contributed by atoms with Crippen molar-refractivity contribution < 1.29 is 5.11 Å². The average Bonchev–Trinajstić information content (AvgIpc) is 2.28. The van der Waals surface area contributed by atoms with Crippen molar-refractivity contribution in [3.8, 4) is 5.75 Å². The minimum Gasteiger partial charge on any atom is -0.507 e. The SMILES string of the molecule is CCc1nc2ccc(Cl)c(C)c2c(O)c1C. The molecule has 0 atom stereocenters. The highest BCUT2D eigenvalue weighted by Gasteiger charge is 2.13. The lowest BCUT2D eigenvalue weighted by Gasteiger charge is -2.11. The molecule has 2 nitrogen and oxygen atoms in total. The van der Waals surface area contributed by atoms with Gasteiger partial charge in [-0.1, -0.05) is 18.5 Å². The van der Waals surface area contributed by atoms with Crippen molar-refractivity contribution >= 4 is 22.5 Å². The molecule has 0 fully saturated rings. The molecule has 0 saturated heterocycles. The third-order valence-electron chi connectivity index (χ3n) is 2.99. The van der Waals surface area contributed by atoms with E-state index in [1.807, 2.05) is 32.9 Å². The fourth-order valence-corrected chi connectivity index (χ4v) is 2.12. The molecule has 1 aromatic carbocycles. The molecule has 0 radical (unpaired) electrons. The first kappa shape index (κ1) is 11.2. The monoisotopic (exact) mass is 235 g/mol. The summed E-state index contributed by atoms with van der Waals surface area (Å²) in [5.74, 6) is 0.307. The van der Waals surface area contributed by atoms with Crippen LogP contribution in [-0.4, -0.2) is 10.1 Å². The predicted octanol–water partition coefficient (Wildman–Crippen LogP) is 3.77. The minimum atomic E-state index is 0.307. The molecule has 0 aliphatic rings. The molecule has 1 heterocycles. The van der Waals surface area contributed by atoms with Crippen LogP contribution in [0.5, 0.6) is 5.75 Å². The topological polar surface area (TPSA) is 33.1 Å². The summed E-state index contributed by atoms with van der Waals surface area (Å²) >= 11 is 6.05. The van der Waals surface area contributed by atoms with Gasteiger partial charge in [0.05, 0.1) is 5.52 Å². The van der Waals surface area contributed by atoms with Crippen LogP contribution in [0.1, 0.15) is 23.7 Å². The van der Waals surface area contributed by atoms with E-state index in [2.05, 4.69) is 4.98 Å². The Labute approximate surface area is 99.9 Å². The number of hydrogen-bond acceptors (Lipinski definition) is 2. The van der Waals surface area contributed by atoms with Crippen LogP contribution >= 0.6 is 11.6 Å². The molecular formula is C13H14ClNO. The number of hydrogen-bond donors (Lipinski definition) is 1. The van der Waals surface area contributed by atoms with Gasteiger partial charge in [-0.25, -0.2) is 0 Å². The number of pyridine rings is 1. The van der Waals surface area contributed by atoms with E-state index in [1.54, 1.807) is 0 Å². The van der Waals surface area contributed by atoms with Crippen LogP contribution in [0.15, 0.2) is 12.1 Å². The summed E-state index contributed by atoms with van der Waals surface area (Å²) in [4.78, 5) is 4.54. The Balaban J connectivity index is 2.93. The number of aromatic hydroxyl groups is 1. The third-order valence-corrected chi connectivity index (χ3v) is 3.40. The van der Waals surface area contributed by atoms with Crippen LogP contribution in [0.3, 0.4) is 0 Å². The summed E-state index contributed by atoms with van der Waals surface area (Å²) in [6.45, 7) is 5.82. The predicted molar refractivity (Wildman–Crippen MR) is 67.3 cm³/mol. The van der Waals surface area contributed by atoms with Gasteiger partial charge in [-0.05, 0) is 38.0 Å². The molecule has 0 unspecified atom stereocenters. The molecule has 0 amide bonds. The third kappa shape index (κ3) is 1.54. The Morgan fingerprint density at radius 3 is 2.56 bits per heavy atom. The number of halogens is 1. The second-order valence-electron chi connectivity index (χ2n) is 3.95. The van der Waals surface area contributed by atoms with E-state index in [4.69, 9.17) is 11.6 Å². The number of benzene rings is 1. The lowest BCUT2D eigenvalue weighted by atomic mass is 10.0. The Morgan fingerprint density at radius 2 is 1.94 bits per heavy atom. The van der Waals surface area contributed by atoms with Crippen molar-refractivity contribution in [3.63, 3.8) is 0 Å². The van der Waals surface area contributed by atoms with Crippen molar-refractivity contribution in [3.05, 3.63) is 34.0 Å². The molecule has 2 rings (SSSR count). The number of aryl methyl sites for hydroxylation is 2. The summed E-state index contributed by atoms with van der Waals surface area (Å²) in [5, 5.41) is 11.6. The molecule has 1 N–H and O–H groups in total. The zero-order valence-electron chi connectivity index (χ0n) is 9.63. The highest BCUT2D eigenvalue weighted by atomic mass is 35.5. The van der Waals surface area contributed by atoms with Gasteiger partial charge in [0.15, 0.2) is 0 Å². The van der Waals surface area contributed by atoms with Crippen LogP contribution in [0.2, 0.25) is 5.02 Å². The first-order chi connectivity index (χ1) is 7.56. The molecular weight excluding hydrogens is 222 g/mol. The van der Waals surface area contributed by atoms with Gasteiger partial charge in [0.25, 0.3) is 0 Å². The number of fused-ring (bicyclic) bond motifs is 1. The Morgan fingerprint density at radius 1 is 1.25 bits per heavy atom.